The van der Waals surface area contributed by atoms with Gasteiger partial charge in [0.05, 0.1) is 12.2 Å². The van der Waals surface area contributed by atoms with E-state index in [1.807, 2.05) is 44.2 Å². The molecule has 0 aliphatic carbocycles. The summed E-state index contributed by atoms with van der Waals surface area (Å²) in [5.74, 6) is -1.65. The van der Waals surface area contributed by atoms with Crippen LogP contribution in [-0.2, 0) is 11.2 Å². The summed E-state index contributed by atoms with van der Waals surface area (Å²) in [5.41, 5.74) is 5.95. The van der Waals surface area contributed by atoms with Crippen LogP contribution in [0.15, 0.2) is 54.6 Å². The minimum Gasteiger partial charge on any atom is -0.550 e. The van der Waals surface area contributed by atoms with Crippen molar-refractivity contribution in [3.8, 4) is 16.8 Å². The van der Waals surface area contributed by atoms with Crippen molar-refractivity contribution >= 4 is 5.97 Å². The van der Waals surface area contributed by atoms with E-state index in [0.29, 0.717) is 12.8 Å². The quantitative estimate of drug-likeness (QED) is 0.456. The van der Waals surface area contributed by atoms with E-state index >= 15 is 0 Å². The second kappa shape index (κ2) is 11.8. The van der Waals surface area contributed by atoms with E-state index in [4.69, 9.17) is 0 Å². The first kappa shape index (κ1) is 26.3. The van der Waals surface area contributed by atoms with Gasteiger partial charge in [0.25, 0.3) is 0 Å². The third-order valence-electron chi connectivity index (χ3n) is 5.59. The second-order valence-corrected chi connectivity index (χ2v) is 7.86. The fraction of sp³-hybridized carbons (Fsp3) is 0.320. The third-order valence-corrected chi connectivity index (χ3v) is 5.59. The van der Waals surface area contributed by atoms with Crippen molar-refractivity contribution in [3.63, 3.8) is 0 Å². The minimum atomic E-state index is -1.34. The largest absolute Gasteiger partial charge is 1.00 e. The van der Waals surface area contributed by atoms with Gasteiger partial charge < -0.3 is 24.7 Å². The number of hydrogen-bond donors (Lipinski definition) is 2. The Labute approximate surface area is 209 Å². The number of aliphatic hydroxyl groups is 2. The van der Waals surface area contributed by atoms with Gasteiger partial charge in [0, 0.05) is 35.0 Å². The molecule has 164 valence electrons. The molecule has 1 heterocycles. The van der Waals surface area contributed by atoms with Gasteiger partial charge in [-0.2, -0.15) is 0 Å². The molecule has 2 aromatic carbocycles. The number of carboxylic acids is 1. The number of carbonyl (C=O) groups is 1. The molecule has 1 aromatic heterocycles. The first-order valence-corrected chi connectivity index (χ1v) is 10.4. The number of aliphatic hydroxyl groups excluding tert-OH is 2. The van der Waals surface area contributed by atoms with Crippen molar-refractivity contribution in [2.24, 2.45) is 0 Å². The Morgan fingerprint density at radius 3 is 2.22 bits per heavy atom. The number of para-hydroxylation sites is 1. The second-order valence-electron chi connectivity index (χ2n) is 7.86. The molecule has 32 heavy (non-hydrogen) atoms. The van der Waals surface area contributed by atoms with Crippen molar-refractivity contribution in [3.05, 3.63) is 77.4 Å². The zero-order chi connectivity index (χ0) is 22.5. The van der Waals surface area contributed by atoms with E-state index in [0.717, 1.165) is 33.8 Å². The molecule has 0 aliphatic rings. The summed E-state index contributed by atoms with van der Waals surface area (Å²) in [6, 6.07) is 16.3. The van der Waals surface area contributed by atoms with Gasteiger partial charge in [0.1, 0.15) is 5.82 Å². The maximum atomic E-state index is 13.5. The summed E-state index contributed by atoms with van der Waals surface area (Å²) in [5, 5.41) is 30.8. The molecule has 0 saturated carbocycles. The number of rotatable bonds is 9. The topological polar surface area (TPSA) is 85.5 Å². The van der Waals surface area contributed by atoms with E-state index in [2.05, 4.69) is 4.57 Å². The van der Waals surface area contributed by atoms with E-state index in [9.17, 15) is 24.5 Å². The van der Waals surface area contributed by atoms with Gasteiger partial charge in [-0.05, 0) is 68.5 Å². The summed E-state index contributed by atoms with van der Waals surface area (Å²) < 4.78 is 15.7. The van der Waals surface area contributed by atoms with Crippen LogP contribution in [0.5, 0.6) is 0 Å². The number of halogens is 1. The molecule has 2 N–H and O–H groups in total. The van der Waals surface area contributed by atoms with E-state index in [1.165, 1.54) is 12.1 Å². The molecular weight excluding hydrogens is 420 g/mol. The molecule has 0 radical (unpaired) electrons. The molecule has 0 amide bonds. The van der Waals surface area contributed by atoms with Crippen LogP contribution in [0.4, 0.5) is 4.39 Å². The standard InChI is InChI=1S/C25H28FNO4.Na/c1-16-23(13-12-21(28)14-22(29)15-24(30)31)25(18-8-10-19(26)11-9-18)17(2)27(16)20-6-4-3-5-7-20;/h3-11,21-22,28-29H,12-15H2,1-2H3,(H,30,31);/q;+1/p-1/t21-,22-;/m1./s1. The monoisotopic (exact) mass is 447 g/mol. The van der Waals surface area contributed by atoms with Crippen molar-refractivity contribution in [2.75, 3.05) is 0 Å². The molecule has 0 bridgehead atoms. The van der Waals surface area contributed by atoms with Crippen LogP contribution in [0.1, 0.15) is 36.2 Å². The van der Waals surface area contributed by atoms with Gasteiger partial charge in [-0.3, -0.25) is 0 Å². The Hall–Kier alpha value is -1.96. The molecule has 0 saturated heterocycles. The Balaban J connectivity index is 0.00000363. The van der Waals surface area contributed by atoms with E-state index < -0.39 is 24.6 Å². The number of carbonyl (C=O) groups excluding carboxylic acids is 1. The Kier molecular flexibility index (Phi) is 9.67. The molecule has 7 heteroatoms. The van der Waals surface area contributed by atoms with E-state index in [-0.39, 0.29) is 41.8 Å². The Morgan fingerprint density at radius 2 is 1.62 bits per heavy atom. The Morgan fingerprint density at radius 1 is 1.00 bits per heavy atom. The summed E-state index contributed by atoms with van der Waals surface area (Å²) in [4.78, 5) is 10.6. The van der Waals surface area contributed by atoms with Gasteiger partial charge in [0.2, 0.25) is 0 Å². The molecular formula is C25H27FNNaO4. The van der Waals surface area contributed by atoms with Crippen molar-refractivity contribution in [2.45, 2.75) is 51.7 Å². The molecule has 3 rings (SSSR count). The number of carboxylic acid groups (broad SMARTS) is 1. The van der Waals surface area contributed by atoms with Gasteiger partial charge >= 0.3 is 29.6 Å². The molecule has 0 spiro atoms. The van der Waals surface area contributed by atoms with Crippen LogP contribution in [-0.4, -0.2) is 33.0 Å². The van der Waals surface area contributed by atoms with Gasteiger partial charge in [-0.25, -0.2) is 4.39 Å². The maximum Gasteiger partial charge on any atom is 1.00 e. The molecule has 2 atom stereocenters. The maximum absolute atomic E-state index is 13.5. The van der Waals surface area contributed by atoms with Crippen molar-refractivity contribution in [1.82, 2.24) is 4.57 Å². The zero-order valence-electron chi connectivity index (χ0n) is 18.7. The van der Waals surface area contributed by atoms with Crippen LogP contribution < -0.4 is 34.7 Å². The fourth-order valence-electron chi connectivity index (χ4n) is 4.19. The summed E-state index contributed by atoms with van der Waals surface area (Å²) >= 11 is 0. The van der Waals surface area contributed by atoms with Crippen LogP contribution in [0.25, 0.3) is 16.8 Å². The van der Waals surface area contributed by atoms with Crippen LogP contribution in [0, 0.1) is 19.7 Å². The normalized spacial score (nSPS) is 12.8. The van der Waals surface area contributed by atoms with Crippen LogP contribution in [0.2, 0.25) is 0 Å². The number of aliphatic carboxylic acids is 1. The van der Waals surface area contributed by atoms with Crippen molar-refractivity contribution in [1.29, 1.82) is 0 Å². The zero-order valence-corrected chi connectivity index (χ0v) is 20.7. The van der Waals surface area contributed by atoms with Crippen LogP contribution >= 0.6 is 0 Å². The average Bonchev–Trinajstić information content (AvgIpc) is 2.96. The number of aromatic nitrogens is 1. The smallest absolute Gasteiger partial charge is 0.550 e. The fourth-order valence-corrected chi connectivity index (χ4v) is 4.19. The first-order chi connectivity index (χ1) is 14.8. The van der Waals surface area contributed by atoms with Gasteiger partial charge in [-0.1, -0.05) is 30.3 Å². The van der Waals surface area contributed by atoms with Crippen molar-refractivity contribution < 1.29 is 54.1 Å². The molecule has 5 nitrogen and oxygen atoms in total. The van der Waals surface area contributed by atoms with E-state index in [1.54, 1.807) is 12.1 Å². The minimum absolute atomic E-state index is 0. The summed E-state index contributed by atoms with van der Waals surface area (Å²) in [7, 11) is 0. The average molecular weight is 447 g/mol. The summed E-state index contributed by atoms with van der Waals surface area (Å²) in [6.45, 7) is 4.03. The molecule has 3 aromatic rings. The Bertz CT molecular complexity index is 1030. The molecule has 0 fully saturated rings. The molecule has 0 unspecified atom stereocenters. The molecule has 0 aliphatic heterocycles. The number of nitrogens with zero attached hydrogens (tertiary/aromatic N) is 1. The summed E-state index contributed by atoms with van der Waals surface area (Å²) in [6.07, 6.45) is -1.64. The van der Waals surface area contributed by atoms with Gasteiger partial charge in [-0.15, -0.1) is 0 Å². The third kappa shape index (κ3) is 6.30. The van der Waals surface area contributed by atoms with Gasteiger partial charge in [0.15, 0.2) is 0 Å². The first-order valence-electron chi connectivity index (χ1n) is 10.4. The number of benzene rings is 2. The predicted octanol–water partition coefficient (Wildman–Crippen LogP) is 0.0887. The van der Waals surface area contributed by atoms with Crippen LogP contribution in [0.3, 0.4) is 0 Å². The number of hydrogen-bond acceptors (Lipinski definition) is 4. The SMILES string of the molecule is Cc1c(CC[C@@H](O)C[C@@H](O)CC(=O)[O-])c(-c2ccc(F)cc2)c(C)n1-c1ccccc1.[Na+]. The predicted molar refractivity (Wildman–Crippen MR) is 115 cm³/mol.